The Kier molecular flexibility index (Phi) is 3.98. The number of hydrogen-bond donors (Lipinski definition) is 1. The van der Waals surface area contributed by atoms with Crippen LogP contribution in [0.4, 0.5) is 11.4 Å². The molecule has 6 heteroatoms. The van der Waals surface area contributed by atoms with E-state index < -0.39 is 6.10 Å². The van der Waals surface area contributed by atoms with E-state index in [0.29, 0.717) is 18.0 Å². The van der Waals surface area contributed by atoms with E-state index in [1.165, 1.54) is 0 Å². The molecule has 0 saturated carbocycles. The Hall–Kier alpha value is -1.79. The molecule has 1 atom stereocenters. The van der Waals surface area contributed by atoms with Crippen LogP contribution >= 0.6 is 0 Å². The third-order valence-corrected chi connectivity index (χ3v) is 3.97. The van der Waals surface area contributed by atoms with Crippen LogP contribution in [-0.4, -0.2) is 56.3 Å². The van der Waals surface area contributed by atoms with Gasteiger partial charge in [0.05, 0.1) is 24.6 Å². The molecule has 1 fully saturated rings. The second kappa shape index (κ2) is 5.91. The fourth-order valence-electron chi connectivity index (χ4n) is 2.75. The lowest BCUT2D eigenvalue weighted by molar-refractivity contribution is -0.125. The minimum atomic E-state index is -0.494. The van der Waals surface area contributed by atoms with Gasteiger partial charge >= 0.3 is 0 Å². The highest BCUT2D eigenvalue weighted by atomic mass is 16.5. The van der Waals surface area contributed by atoms with Gasteiger partial charge in [-0.25, -0.2) is 0 Å². The van der Waals surface area contributed by atoms with E-state index in [0.717, 1.165) is 38.5 Å². The SMILES string of the molecule is CC1Oc2c(N)cccc2N(CCN2CCOCC2)C1=O. The largest absolute Gasteiger partial charge is 0.477 e. The summed E-state index contributed by atoms with van der Waals surface area (Å²) in [6.45, 7) is 6.59. The molecule has 2 aliphatic rings. The number of nitrogens with two attached hydrogens (primary N) is 1. The van der Waals surface area contributed by atoms with Crippen molar-refractivity contribution in [2.24, 2.45) is 0 Å². The highest BCUT2D eigenvalue weighted by Gasteiger charge is 2.32. The van der Waals surface area contributed by atoms with Crippen molar-refractivity contribution < 1.29 is 14.3 Å². The van der Waals surface area contributed by atoms with Crippen LogP contribution in [-0.2, 0) is 9.53 Å². The van der Waals surface area contributed by atoms with Crippen molar-refractivity contribution in [3.05, 3.63) is 18.2 Å². The van der Waals surface area contributed by atoms with Gasteiger partial charge in [-0.3, -0.25) is 9.69 Å². The molecule has 2 N–H and O–H groups in total. The molecule has 1 aromatic rings. The van der Waals surface area contributed by atoms with Gasteiger partial charge in [0.25, 0.3) is 5.91 Å². The van der Waals surface area contributed by atoms with Crippen molar-refractivity contribution in [1.82, 2.24) is 4.90 Å². The average Bonchev–Trinajstić information content (AvgIpc) is 2.50. The summed E-state index contributed by atoms with van der Waals surface area (Å²) in [5, 5.41) is 0. The first kappa shape index (κ1) is 14.2. The molecule has 3 rings (SSSR count). The van der Waals surface area contributed by atoms with Crippen molar-refractivity contribution in [3.8, 4) is 5.75 Å². The minimum absolute atomic E-state index is 0.0126. The van der Waals surface area contributed by atoms with Crippen LogP contribution in [0.25, 0.3) is 0 Å². The summed E-state index contributed by atoms with van der Waals surface area (Å²) in [6.07, 6.45) is -0.494. The van der Waals surface area contributed by atoms with Crippen LogP contribution in [0.3, 0.4) is 0 Å². The van der Waals surface area contributed by atoms with Crippen molar-refractivity contribution in [3.63, 3.8) is 0 Å². The third-order valence-electron chi connectivity index (χ3n) is 3.97. The summed E-state index contributed by atoms with van der Waals surface area (Å²) in [7, 11) is 0. The number of carbonyl (C=O) groups is 1. The lowest BCUT2D eigenvalue weighted by Gasteiger charge is -2.35. The first-order valence-corrected chi connectivity index (χ1v) is 7.33. The molecule has 1 unspecified atom stereocenters. The summed E-state index contributed by atoms with van der Waals surface area (Å²) < 4.78 is 11.0. The second-order valence-corrected chi connectivity index (χ2v) is 5.40. The lowest BCUT2D eigenvalue weighted by Crippen LogP contribution is -2.48. The summed E-state index contributed by atoms with van der Waals surface area (Å²) in [6, 6.07) is 5.53. The molecule has 2 heterocycles. The molecule has 0 aromatic heterocycles. The molecule has 1 amide bonds. The van der Waals surface area contributed by atoms with Gasteiger partial charge in [-0.15, -0.1) is 0 Å². The van der Waals surface area contributed by atoms with E-state index in [2.05, 4.69) is 4.90 Å². The number of rotatable bonds is 3. The molecule has 0 spiro atoms. The van der Waals surface area contributed by atoms with Crippen LogP contribution in [0.15, 0.2) is 18.2 Å². The number of hydrogen-bond acceptors (Lipinski definition) is 5. The third kappa shape index (κ3) is 2.82. The van der Waals surface area contributed by atoms with Crippen LogP contribution in [0.1, 0.15) is 6.92 Å². The van der Waals surface area contributed by atoms with E-state index >= 15 is 0 Å². The van der Waals surface area contributed by atoms with Gasteiger partial charge in [-0.1, -0.05) is 6.07 Å². The van der Waals surface area contributed by atoms with Crippen LogP contribution < -0.4 is 15.4 Å². The number of para-hydroxylation sites is 1. The number of morpholine rings is 1. The topological polar surface area (TPSA) is 68.0 Å². The Morgan fingerprint density at radius 1 is 1.29 bits per heavy atom. The molecule has 0 aliphatic carbocycles. The Labute approximate surface area is 124 Å². The Balaban J connectivity index is 1.77. The van der Waals surface area contributed by atoms with E-state index in [1.807, 2.05) is 12.1 Å². The smallest absolute Gasteiger partial charge is 0.267 e. The zero-order chi connectivity index (χ0) is 14.8. The van der Waals surface area contributed by atoms with Crippen LogP contribution in [0, 0.1) is 0 Å². The number of ether oxygens (including phenoxy) is 2. The zero-order valence-electron chi connectivity index (χ0n) is 12.2. The Bertz CT molecular complexity index is 529. The standard InChI is InChI=1S/C15H21N3O3/c1-11-15(19)18(6-5-17-7-9-20-10-8-17)13-4-2-3-12(16)14(13)21-11/h2-4,11H,5-10,16H2,1H3. The summed E-state index contributed by atoms with van der Waals surface area (Å²) in [4.78, 5) is 16.5. The number of nitrogens with zero attached hydrogens (tertiary/aromatic N) is 2. The number of carbonyl (C=O) groups excluding carboxylic acids is 1. The highest BCUT2D eigenvalue weighted by Crippen LogP contribution is 2.38. The number of benzene rings is 1. The first-order chi connectivity index (χ1) is 10.2. The molecule has 21 heavy (non-hydrogen) atoms. The zero-order valence-corrected chi connectivity index (χ0v) is 12.2. The van der Waals surface area contributed by atoms with Gasteiger partial charge in [0.1, 0.15) is 0 Å². The fraction of sp³-hybridized carbons (Fsp3) is 0.533. The summed E-state index contributed by atoms with van der Waals surface area (Å²) >= 11 is 0. The maximum absolute atomic E-state index is 12.4. The van der Waals surface area contributed by atoms with Gasteiger partial charge < -0.3 is 20.1 Å². The molecular formula is C15H21N3O3. The summed E-state index contributed by atoms with van der Waals surface area (Å²) in [5.74, 6) is 0.605. The van der Waals surface area contributed by atoms with E-state index in [9.17, 15) is 4.79 Å². The maximum atomic E-state index is 12.4. The van der Waals surface area contributed by atoms with Crippen molar-refractivity contribution in [2.75, 3.05) is 50.0 Å². The minimum Gasteiger partial charge on any atom is -0.477 e. The number of anilines is 2. The van der Waals surface area contributed by atoms with E-state index in [4.69, 9.17) is 15.2 Å². The normalized spacial score (nSPS) is 22.8. The molecule has 1 saturated heterocycles. The van der Waals surface area contributed by atoms with Gasteiger partial charge in [-0.2, -0.15) is 0 Å². The van der Waals surface area contributed by atoms with Crippen molar-refractivity contribution in [2.45, 2.75) is 13.0 Å². The van der Waals surface area contributed by atoms with Crippen LogP contribution in [0.5, 0.6) is 5.75 Å². The van der Waals surface area contributed by atoms with Gasteiger partial charge in [0, 0.05) is 26.2 Å². The average molecular weight is 291 g/mol. The Morgan fingerprint density at radius 2 is 2.05 bits per heavy atom. The highest BCUT2D eigenvalue weighted by molar-refractivity contribution is 6.01. The molecule has 1 aromatic carbocycles. The van der Waals surface area contributed by atoms with E-state index in [-0.39, 0.29) is 5.91 Å². The second-order valence-electron chi connectivity index (χ2n) is 5.40. The molecule has 0 radical (unpaired) electrons. The van der Waals surface area contributed by atoms with Gasteiger partial charge in [-0.05, 0) is 19.1 Å². The summed E-state index contributed by atoms with van der Waals surface area (Å²) in [5.41, 5.74) is 7.30. The number of amides is 1. The molecule has 0 bridgehead atoms. The lowest BCUT2D eigenvalue weighted by atomic mass is 10.1. The quantitative estimate of drug-likeness (QED) is 0.831. The number of fused-ring (bicyclic) bond motifs is 1. The first-order valence-electron chi connectivity index (χ1n) is 7.33. The van der Waals surface area contributed by atoms with Gasteiger partial charge in [0.15, 0.2) is 11.9 Å². The molecule has 2 aliphatic heterocycles. The molecular weight excluding hydrogens is 270 g/mol. The monoisotopic (exact) mass is 291 g/mol. The number of nitrogen functional groups attached to an aromatic ring is 1. The maximum Gasteiger partial charge on any atom is 0.267 e. The van der Waals surface area contributed by atoms with Gasteiger partial charge in [0.2, 0.25) is 0 Å². The Morgan fingerprint density at radius 3 is 2.81 bits per heavy atom. The molecule has 114 valence electrons. The predicted octanol–water partition coefficient (Wildman–Crippen LogP) is 0.715. The fourth-order valence-corrected chi connectivity index (χ4v) is 2.75. The van der Waals surface area contributed by atoms with Crippen molar-refractivity contribution in [1.29, 1.82) is 0 Å². The van der Waals surface area contributed by atoms with Crippen molar-refractivity contribution >= 4 is 17.3 Å². The predicted molar refractivity (Wildman–Crippen MR) is 80.6 cm³/mol. The van der Waals surface area contributed by atoms with E-state index in [1.54, 1.807) is 17.9 Å². The van der Waals surface area contributed by atoms with Crippen LogP contribution in [0.2, 0.25) is 0 Å². The molecule has 6 nitrogen and oxygen atoms in total.